The van der Waals surface area contributed by atoms with Gasteiger partial charge in [-0.2, -0.15) is 0 Å². The van der Waals surface area contributed by atoms with E-state index in [2.05, 4.69) is 96.0 Å². The fourth-order valence-electron chi connectivity index (χ4n) is 3.45. The lowest BCUT2D eigenvalue weighted by atomic mass is 10.0. The summed E-state index contributed by atoms with van der Waals surface area (Å²) < 4.78 is 2.71. The average Bonchev–Trinajstić information content (AvgIpc) is 3.24. The van der Waals surface area contributed by atoms with Gasteiger partial charge in [0.25, 0.3) is 0 Å². The first kappa shape index (κ1) is 14.6. The second kappa shape index (κ2) is 5.64. The number of fused-ring (bicyclic) bond motifs is 3. The van der Waals surface area contributed by atoms with Crippen LogP contribution in [-0.2, 0) is 0 Å². The molecule has 0 unspecified atom stereocenters. The number of hydrogen-bond acceptors (Lipinski definition) is 3. The van der Waals surface area contributed by atoms with E-state index in [0.29, 0.717) is 0 Å². The molecule has 1 aliphatic heterocycles. The molecule has 1 aliphatic rings. The van der Waals surface area contributed by atoms with Gasteiger partial charge < -0.3 is 9.80 Å². The van der Waals surface area contributed by atoms with Gasteiger partial charge >= 0.3 is 0 Å². The van der Waals surface area contributed by atoms with Gasteiger partial charge in [-0.05, 0) is 35.4 Å². The Labute approximate surface area is 151 Å². The van der Waals surface area contributed by atoms with Crippen LogP contribution < -0.4 is 4.90 Å². The SMILES string of the molecule is CN1C=CN(c2ccc(-c3ccc4c(c3)sc3ccccc34)cc2)C1. The van der Waals surface area contributed by atoms with E-state index in [1.165, 1.54) is 37.0 Å². The minimum atomic E-state index is 0.910. The van der Waals surface area contributed by atoms with Gasteiger partial charge in [0.1, 0.15) is 0 Å². The van der Waals surface area contributed by atoms with Gasteiger partial charge in [-0.1, -0.05) is 42.5 Å². The Kier molecular flexibility index (Phi) is 3.28. The summed E-state index contributed by atoms with van der Waals surface area (Å²) in [5, 5.41) is 2.71. The maximum Gasteiger partial charge on any atom is 0.0938 e. The van der Waals surface area contributed by atoms with Gasteiger partial charge in [0, 0.05) is 45.3 Å². The third kappa shape index (κ3) is 2.48. The van der Waals surface area contributed by atoms with Crippen LogP contribution in [0, 0.1) is 0 Å². The fraction of sp³-hybridized carbons (Fsp3) is 0.0909. The van der Waals surface area contributed by atoms with Crippen LogP contribution in [0.3, 0.4) is 0 Å². The largest absolute Gasteiger partial charge is 0.361 e. The second-order valence-electron chi connectivity index (χ2n) is 6.52. The molecule has 0 spiro atoms. The molecule has 0 amide bonds. The summed E-state index contributed by atoms with van der Waals surface area (Å²) in [4.78, 5) is 4.42. The van der Waals surface area contributed by atoms with E-state index in [1.807, 2.05) is 11.3 Å². The Morgan fingerprint density at radius 1 is 0.760 bits per heavy atom. The van der Waals surface area contributed by atoms with Crippen molar-refractivity contribution in [3.8, 4) is 11.1 Å². The Hall–Kier alpha value is -2.78. The summed E-state index contributed by atoms with van der Waals surface area (Å²) in [5.74, 6) is 0. The minimum absolute atomic E-state index is 0.910. The maximum absolute atomic E-state index is 2.32. The zero-order chi connectivity index (χ0) is 16.8. The first-order chi connectivity index (χ1) is 12.3. The molecule has 2 nitrogen and oxygen atoms in total. The van der Waals surface area contributed by atoms with Crippen molar-refractivity contribution in [1.29, 1.82) is 0 Å². The molecule has 122 valence electrons. The molecule has 0 bridgehead atoms. The summed E-state index contributed by atoms with van der Waals surface area (Å²) in [6.45, 7) is 0.910. The van der Waals surface area contributed by atoms with E-state index >= 15 is 0 Å². The highest BCUT2D eigenvalue weighted by atomic mass is 32.1. The topological polar surface area (TPSA) is 6.48 Å². The molecule has 0 fully saturated rings. The lowest BCUT2D eigenvalue weighted by molar-refractivity contribution is 0.496. The standard InChI is InChI=1S/C22H18N2S/c1-23-12-13-24(15-23)18-9-6-16(7-10-18)17-8-11-20-19-4-2-3-5-21(19)25-22(20)14-17/h2-14H,15H2,1H3. The molecule has 3 aromatic carbocycles. The van der Waals surface area contributed by atoms with Crippen molar-refractivity contribution in [2.45, 2.75) is 0 Å². The van der Waals surface area contributed by atoms with Crippen LogP contribution in [0.15, 0.2) is 79.1 Å². The molecule has 0 saturated heterocycles. The lowest BCUT2D eigenvalue weighted by Gasteiger charge is -2.18. The Balaban J connectivity index is 1.52. The average molecular weight is 342 g/mol. The van der Waals surface area contributed by atoms with E-state index in [4.69, 9.17) is 0 Å². The van der Waals surface area contributed by atoms with Gasteiger partial charge in [-0.15, -0.1) is 11.3 Å². The van der Waals surface area contributed by atoms with Gasteiger partial charge in [0.2, 0.25) is 0 Å². The number of anilines is 1. The highest BCUT2D eigenvalue weighted by Crippen LogP contribution is 2.36. The van der Waals surface area contributed by atoms with E-state index in [0.717, 1.165) is 6.67 Å². The van der Waals surface area contributed by atoms with Crippen LogP contribution in [0.4, 0.5) is 5.69 Å². The predicted octanol–water partition coefficient (Wildman–Crippen LogP) is 5.90. The van der Waals surface area contributed by atoms with Crippen LogP contribution in [0.1, 0.15) is 0 Å². The third-order valence-electron chi connectivity index (χ3n) is 4.79. The van der Waals surface area contributed by atoms with E-state index in [9.17, 15) is 0 Å². The summed E-state index contributed by atoms with van der Waals surface area (Å²) in [7, 11) is 2.09. The van der Waals surface area contributed by atoms with Crippen molar-refractivity contribution in [2.75, 3.05) is 18.6 Å². The third-order valence-corrected chi connectivity index (χ3v) is 5.92. The van der Waals surface area contributed by atoms with Gasteiger partial charge in [-0.3, -0.25) is 0 Å². The quantitative estimate of drug-likeness (QED) is 0.447. The molecule has 5 rings (SSSR count). The monoisotopic (exact) mass is 342 g/mol. The highest BCUT2D eigenvalue weighted by molar-refractivity contribution is 7.25. The predicted molar refractivity (Wildman–Crippen MR) is 109 cm³/mol. The zero-order valence-corrected chi connectivity index (χ0v) is 14.8. The smallest absolute Gasteiger partial charge is 0.0938 e. The molecule has 4 aromatic rings. The van der Waals surface area contributed by atoms with E-state index in [1.54, 1.807) is 0 Å². The highest BCUT2D eigenvalue weighted by Gasteiger charge is 2.11. The van der Waals surface area contributed by atoms with Crippen molar-refractivity contribution in [3.05, 3.63) is 79.1 Å². The molecule has 3 heteroatoms. The Morgan fingerprint density at radius 3 is 2.32 bits per heavy atom. The van der Waals surface area contributed by atoms with Crippen molar-refractivity contribution in [2.24, 2.45) is 0 Å². The van der Waals surface area contributed by atoms with Gasteiger partial charge in [0.15, 0.2) is 0 Å². The van der Waals surface area contributed by atoms with Gasteiger partial charge in [0.05, 0.1) is 6.67 Å². The first-order valence-electron chi connectivity index (χ1n) is 8.45. The molecule has 25 heavy (non-hydrogen) atoms. The van der Waals surface area contributed by atoms with Crippen LogP contribution in [-0.4, -0.2) is 18.6 Å². The van der Waals surface area contributed by atoms with E-state index < -0.39 is 0 Å². The van der Waals surface area contributed by atoms with Crippen LogP contribution in [0.2, 0.25) is 0 Å². The van der Waals surface area contributed by atoms with Crippen LogP contribution in [0.25, 0.3) is 31.3 Å². The molecule has 0 N–H and O–H groups in total. The number of benzene rings is 3. The lowest BCUT2D eigenvalue weighted by Crippen LogP contribution is -2.21. The minimum Gasteiger partial charge on any atom is -0.361 e. The Bertz CT molecular complexity index is 1090. The molecule has 0 radical (unpaired) electrons. The van der Waals surface area contributed by atoms with Crippen molar-refractivity contribution >= 4 is 37.2 Å². The first-order valence-corrected chi connectivity index (χ1v) is 9.26. The van der Waals surface area contributed by atoms with Crippen molar-refractivity contribution < 1.29 is 0 Å². The zero-order valence-electron chi connectivity index (χ0n) is 14.0. The molecule has 1 aromatic heterocycles. The molecular weight excluding hydrogens is 324 g/mol. The van der Waals surface area contributed by atoms with Crippen molar-refractivity contribution in [1.82, 2.24) is 4.90 Å². The van der Waals surface area contributed by atoms with E-state index in [-0.39, 0.29) is 0 Å². The summed E-state index contributed by atoms with van der Waals surface area (Å²) >= 11 is 1.87. The number of thiophene rings is 1. The fourth-order valence-corrected chi connectivity index (χ4v) is 4.59. The summed E-state index contributed by atoms with van der Waals surface area (Å²) in [6, 6.07) is 24.3. The maximum atomic E-state index is 2.32. The van der Waals surface area contributed by atoms with Crippen LogP contribution >= 0.6 is 11.3 Å². The number of rotatable bonds is 2. The molecule has 0 atom stereocenters. The number of hydrogen-bond donors (Lipinski definition) is 0. The molecular formula is C22H18N2S. The molecule has 0 saturated carbocycles. The molecule has 0 aliphatic carbocycles. The van der Waals surface area contributed by atoms with Crippen molar-refractivity contribution in [3.63, 3.8) is 0 Å². The summed E-state index contributed by atoms with van der Waals surface area (Å²) in [5.41, 5.74) is 3.77. The van der Waals surface area contributed by atoms with Crippen LogP contribution in [0.5, 0.6) is 0 Å². The Morgan fingerprint density at radius 2 is 1.52 bits per heavy atom. The number of nitrogens with zero attached hydrogens (tertiary/aromatic N) is 2. The molecule has 2 heterocycles. The normalized spacial score (nSPS) is 14.1. The van der Waals surface area contributed by atoms with Gasteiger partial charge in [-0.25, -0.2) is 0 Å². The second-order valence-corrected chi connectivity index (χ2v) is 7.61. The summed E-state index contributed by atoms with van der Waals surface area (Å²) in [6.07, 6.45) is 4.22.